The molecule has 2 aromatic carbocycles. The molecule has 0 aliphatic carbocycles. The van der Waals surface area contributed by atoms with Crippen molar-refractivity contribution in [3.8, 4) is 11.3 Å². The molecule has 0 radical (unpaired) electrons. The smallest absolute Gasteiger partial charge is 0.281 e. The van der Waals surface area contributed by atoms with E-state index >= 15 is 0 Å². The second kappa shape index (κ2) is 7.88. The lowest BCUT2D eigenvalue weighted by Gasteiger charge is -2.02. The summed E-state index contributed by atoms with van der Waals surface area (Å²) >= 11 is 5.82. The van der Waals surface area contributed by atoms with Gasteiger partial charge in [-0.2, -0.15) is 0 Å². The van der Waals surface area contributed by atoms with Crippen LogP contribution in [0.2, 0.25) is 5.02 Å². The second-order valence-electron chi connectivity index (χ2n) is 5.81. The molecule has 0 unspecified atom stereocenters. The zero-order chi connectivity index (χ0) is 19.4. The molecule has 1 heterocycles. The Hall–Kier alpha value is -3.38. The van der Waals surface area contributed by atoms with E-state index in [1.165, 1.54) is 24.3 Å². The molecule has 0 spiro atoms. The number of furan rings is 1. The fraction of sp³-hybridized carbons (Fsp3) is 0.0500. The quantitative estimate of drug-likeness (QED) is 0.360. The molecule has 0 fully saturated rings. The van der Waals surface area contributed by atoms with Gasteiger partial charge in [0.15, 0.2) is 0 Å². The van der Waals surface area contributed by atoms with Crippen molar-refractivity contribution in [3.05, 3.63) is 87.1 Å². The van der Waals surface area contributed by atoms with Crippen molar-refractivity contribution in [1.82, 2.24) is 0 Å². The van der Waals surface area contributed by atoms with E-state index in [1.807, 2.05) is 31.2 Å². The Bertz CT molecular complexity index is 1020. The number of carbonyl (C=O) groups is 1. The minimum Gasteiger partial charge on any atom is -0.456 e. The summed E-state index contributed by atoms with van der Waals surface area (Å²) in [4.78, 5) is 22.7. The van der Waals surface area contributed by atoms with Gasteiger partial charge in [0, 0.05) is 22.9 Å². The lowest BCUT2D eigenvalue weighted by atomic mass is 10.1. The Morgan fingerprint density at radius 2 is 1.89 bits per heavy atom. The molecular weight excluding hydrogens is 368 g/mol. The maximum atomic E-state index is 12.0. The van der Waals surface area contributed by atoms with Crippen LogP contribution in [0.4, 0.5) is 11.4 Å². The van der Waals surface area contributed by atoms with Gasteiger partial charge in [-0.3, -0.25) is 14.9 Å². The third-order valence-electron chi connectivity index (χ3n) is 3.77. The van der Waals surface area contributed by atoms with Crippen LogP contribution in [-0.4, -0.2) is 10.8 Å². The number of rotatable bonds is 5. The molecule has 0 saturated carbocycles. The highest BCUT2D eigenvalue weighted by atomic mass is 35.5. The average molecular weight is 383 g/mol. The summed E-state index contributed by atoms with van der Waals surface area (Å²) in [6, 6.07) is 15.0. The van der Waals surface area contributed by atoms with Gasteiger partial charge >= 0.3 is 0 Å². The Morgan fingerprint density at radius 3 is 2.59 bits per heavy atom. The zero-order valence-corrected chi connectivity index (χ0v) is 15.1. The number of hydrogen-bond acceptors (Lipinski definition) is 4. The molecule has 27 heavy (non-hydrogen) atoms. The second-order valence-corrected chi connectivity index (χ2v) is 6.25. The van der Waals surface area contributed by atoms with Gasteiger partial charge in [-0.05, 0) is 49.4 Å². The molecule has 0 aliphatic rings. The average Bonchev–Trinajstić information content (AvgIpc) is 3.10. The third kappa shape index (κ3) is 4.62. The monoisotopic (exact) mass is 382 g/mol. The highest BCUT2D eigenvalue weighted by Gasteiger charge is 2.18. The molecular formula is C20H15ClN2O4. The summed E-state index contributed by atoms with van der Waals surface area (Å²) in [5.41, 5.74) is 1.95. The number of amides is 1. The van der Waals surface area contributed by atoms with Crippen LogP contribution in [0, 0.1) is 17.0 Å². The Labute approximate surface area is 160 Å². The number of nitrogens with one attached hydrogen (secondary N) is 1. The first-order valence-corrected chi connectivity index (χ1v) is 8.40. The lowest BCUT2D eigenvalue weighted by molar-refractivity contribution is -0.384. The summed E-state index contributed by atoms with van der Waals surface area (Å²) in [5, 5.41) is 14.2. The predicted octanol–water partition coefficient (Wildman–Crippen LogP) is 5.47. The van der Waals surface area contributed by atoms with Gasteiger partial charge in [-0.1, -0.05) is 29.3 Å². The maximum Gasteiger partial charge on any atom is 0.281 e. The zero-order valence-electron chi connectivity index (χ0n) is 14.3. The molecule has 1 amide bonds. The number of nitro benzene ring substituents is 1. The number of nitro groups is 1. The van der Waals surface area contributed by atoms with Crippen molar-refractivity contribution in [2.45, 2.75) is 6.92 Å². The molecule has 136 valence electrons. The molecule has 0 aliphatic heterocycles. The van der Waals surface area contributed by atoms with E-state index in [0.29, 0.717) is 22.8 Å². The predicted molar refractivity (Wildman–Crippen MR) is 105 cm³/mol. The van der Waals surface area contributed by atoms with Gasteiger partial charge < -0.3 is 9.73 Å². The van der Waals surface area contributed by atoms with Crippen LogP contribution < -0.4 is 5.32 Å². The van der Waals surface area contributed by atoms with E-state index in [9.17, 15) is 14.9 Å². The van der Waals surface area contributed by atoms with Crippen LogP contribution in [0.3, 0.4) is 0 Å². The number of benzene rings is 2. The summed E-state index contributed by atoms with van der Waals surface area (Å²) in [6.07, 6.45) is 2.83. The Morgan fingerprint density at radius 1 is 1.15 bits per heavy atom. The molecule has 6 nitrogen and oxygen atoms in total. The first-order valence-electron chi connectivity index (χ1n) is 8.02. The molecule has 3 rings (SSSR count). The SMILES string of the molecule is Cc1ccc(NC(=O)/C=C/c2ccc(-c3ccc(Cl)cc3[N+](=O)[O-])o2)cc1. The van der Waals surface area contributed by atoms with Crippen molar-refractivity contribution in [2.75, 3.05) is 5.32 Å². The number of carbonyl (C=O) groups excluding carboxylic acids is 1. The minimum absolute atomic E-state index is 0.149. The number of nitrogens with zero attached hydrogens (tertiary/aromatic N) is 1. The van der Waals surface area contributed by atoms with E-state index in [-0.39, 0.29) is 16.6 Å². The summed E-state index contributed by atoms with van der Waals surface area (Å²) in [5.74, 6) is 0.402. The van der Waals surface area contributed by atoms with E-state index in [0.717, 1.165) is 5.56 Å². The van der Waals surface area contributed by atoms with Crippen LogP contribution in [0.1, 0.15) is 11.3 Å². The van der Waals surface area contributed by atoms with Gasteiger partial charge in [-0.15, -0.1) is 0 Å². The maximum absolute atomic E-state index is 12.0. The summed E-state index contributed by atoms with van der Waals surface area (Å²) in [6.45, 7) is 1.96. The molecule has 3 aromatic rings. The topological polar surface area (TPSA) is 85.4 Å². The van der Waals surface area contributed by atoms with Gasteiger partial charge in [-0.25, -0.2) is 0 Å². The van der Waals surface area contributed by atoms with Crippen LogP contribution in [-0.2, 0) is 4.79 Å². The largest absolute Gasteiger partial charge is 0.456 e. The van der Waals surface area contributed by atoms with Crippen LogP contribution >= 0.6 is 11.6 Å². The van der Waals surface area contributed by atoms with Gasteiger partial charge in [0.2, 0.25) is 5.91 Å². The van der Waals surface area contributed by atoms with E-state index in [1.54, 1.807) is 18.2 Å². The normalized spacial score (nSPS) is 10.9. The summed E-state index contributed by atoms with van der Waals surface area (Å²) in [7, 11) is 0. The van der Waals surface area contributed by atoms with Crippen molar-refractivity contribution in [2.24, 2.45) is 0 Å². The fourth-order valence-corrected chi connectivity index (χ4v) is 2.60. The highest BCUT2D eigenvalue weighted by molar-refractivity contribution is 6.30. The summed E-state index contributed by atoms with van der Waals surface area (Å²) < 4.78 is 5.60. The molecule has 0 bridgehead atoms. The van der Waals surface area contributed by atoms with Gasteiger partial charge in [0.1, 0.15) is 11.5 Å². The number of hydrogen-bond donors (Lipinski definition) is 1. The number of aryl methyl sites for hydroxylation is 1. The van der Waals surface area contributed by atoms with Crippen molar-refractivity contribution in [1.29, 1.82) is 0 Å². The van der Waals surface area contributed by atoms with Crippen LogP contribution in [0.15, 0.2) is 65.1 Å². The van der Waals surface area contributed by atoms with E-state index in [2.05, 4.69) is 5.32 Å². The minimum atomic E-state index is -0.520. The highest BCUT2D eigenvalue weighted by Crippen LogP contribution is 2.33. The van der Waals surface area contributed by atoms with Gasteiger partial charge in [0.25, 0.3) is 5.69 Å². The fourth-order valence-electron chi connectivity index (χ4n) is 2.43. The Balaban J connectivity index is 1.74. The first-order chi connectivity index (χ1) is 12.9. The molecule has 1 aromatic heterocycles. The van der Waals surface area contributed by atoms with Crippen LogP contribution in [0.25, 0.3) is 17.4 Å². The van der Waals surface area contributed by atoms with Crippen molar-refractivity contribution in [3.63, 3.8) is 0 Å². The van der Waals surface area contributed by atoms with Crippen molar-refractivity contribution >= 4 is 35.0 Å². The standard InChI is InChI=1S/C20H15ClN2O4/c1-13-2-5-15(6-3-13)22-20(24)11-8-16-7-10-19(27-16)17-9-4-14(21)12-18(17)23(25)26/h2-12H,1H3,(H,22,24)/b11-8+. The molecule has 1 N–H and O–H groups in total. The Kier molecular flexibility index (Phi) is 5.38. The van der Waals surface area contributed by atoms with E-state index in [4.69, 9.17) is 16.0 Å². The third-order valence-corrected chi connectivity index (χ3v) is 4.00. The number of halogens is 1. The van der Waals surface area contributed by atoms with Crippen LogP contribution in [0.5, 0.6) is 0 Å². The lowest BCUT2D eigenvalue weighted by Crippen LogP contribution is -2.07. The number of anilines is 1. The first kappa shape index (κ1) is 18.4. The molecule has 7 heteroatoms. The van der Waals surface area contributed by atoms with Gasteiger partial charge in [0.05, 0.1) is 10.5 Å². The molecule has 0 atom stereocenters. The van der Waals surface area contributed by atoms with Crippen molar-refractivity contribution < 1.29 is 14.1 Å². The molecule has 0 saturated heterocycles. The van der Waals surface area contributed by atoms with E-state index < -0.39 is 4.92 Å².